The van der Waals surface area contributed by atoms with Gasteiger partial charge in [-0.3, -0.25) is 0 Å². The number of aliphatic hydroxyl groups is 6. The highest BCUT2D eigenvalue weighted by atomic mass is 16.6. The monoisotopic (exact) mass is 238 g/mol. The van der Waals surface area contributed by atoms with Crippen LogP contribution in [0.15, 0.2) is 0 Å². The summed E-state index contributed by atoms with van der Waals surface area (Å²) in [4.78, 5) is 10.8. The Morgan fingerprint density at radius 1 is 1.12 bits per heavy atom. The van der Waals surface area contributed by atoms with Crippen molar-refractivity contribution in [1.29, 1.82) is 0 Å². The fourth-order valence-electron chi connectivity index (χ4n) is 1.72. The van der Waals surface area contributed by atoms with E-state index in [1.165, 1.54) is 0 Å². The number of carboxylic acids is 1. The van der Waals surface area contributed by atoms with Crippen LogP contribution in [0.1, 0.15) is 19.3 Å². The van der Waals surface area contributed by atoms with Crippen molar-refractivity contribution in [2.45, 2.75) is 42.5 Å². The molecular formula is C8H14O8. The van der Waals surface area contributed by atoms with E-state index < -0.39 is 35.7 Å². The molecule has 94 valence electrons. The first-order valence-corrected chi connectivity index (χ1v) is 4.60. The molecule has 0 amide bonds. The maximum Gasteiger partial charge on any atom is 0.341 e. The first-order valence-electron chi connectivity index (χ1n) is 4.60. The third-order valence-corrected chi connectivity index (χ3v) is 2.92. The third-order valence-electron chi connectivity index (χ3n) is 2.92. The van der Waals surface area contributed by atoms with Gasteiger partial charge in [0.15, 0.2) is 0 Å². The highest BCUT2D eigenvalue weighted by Crippen LogP contribution is 2.39. The Balaban J connectivity index is 3.29. The minimum atomic E-state index is -3.78. The van der Waals surface area contributed by atoms with Crippen LogP contribution in [0, 0.1) is 0 Å². The molecule has 1 saturated carbocycles. The zero-order valence-corrected chi connectivity index (χ0v) is 8.24. The van der Waals surface area contributed by atoms with Gasteiger partial charge in [0.25, 0.3) is 5.79 Å². The summed E-state index contributed by atoms with van der Waals surface area (Å²) in [5.74, 6) is -9.32. The van der Waals surface area contributed by atoms with E-state index in [0.29, 0.717) is 0 Å². The van der Waals surface area contributed by atoms with Crippen LogP contribution in [0.3, 0.4) is 0 Å². The van der Waals surface area contributed by atoms with E-state index in [2.05, 4.69) is 0 Å². The zero-order valence-electron chi connectivity index (χ0n) is 8.24. The Morgan fingerprint density at radius 2 is 1.62 bits per heavy atom. The molecule has 0 saturated heterocycles. The molecule has 1 aliphatic carbocycles. The molecule has 0 spiro atoms. The molecule has 8 heteroatoms. The van der Waals surface area contributed by atoms with Crippen molar-refractivity contribution in [3.8, 4) is 0 Å². The summed E-state index contributed by atoms with van der Waals surface area (Å²) in [5, 5.41) is 65.0. The molecule has 7 N–H and O–H groups in total. The van der Waals surface area contributed by atoms with Gasteiger partial charge in [0.1, 0.15) is 6.10 Å². The van der Waals surface area contributed by atoms with Crippen LogP contribution in [-0.4, -0.2) is 65.0 Å². The Morgan fingerprint density at radius 3 is 2.06 bits per heavy atom. The van der Waals surface area contributed by atoms with Crippen LogP contribution >= 0.6 is 0 Å². The number of hydrogen-bond donors (Lipinski definition) is 7. The Bertz CT molecular complexity index is 298. The smallest absolute Gasteiger partial charge is 0.341 e. The lowest BCUT2D eigenvalue weighted by Gasteiger charge is -2.42. The quantitative estimate of drug-likeness (QED) is 0.185. The van der Waals surface area contributed by atoms with Gasteiger partial charge in [-0.05, 0) is 19.3 Å². The molecule has 0 aromatic carbocycles. The molecule has 1 rings (SSSR count). The fraction of sp³-hybridized carbons (Fsp3) is 0.875. The van der Waals surface area contributed by atoms with E-state index in [0.717, 1.165) is 0 Å². The average Bonchev–Trinajstić information content (AvgIpc) is 2.19. The molecule has 2 unspecified atom stereocenters. The van der Waals surface area contributed by atoms with Crippen LogP contribution in [0.2, 0.25) is 0 Å². The van der Waals surface area contributed by atoms with E-state index in [1.807, 2.05) is 0 Å². The summed E-state index contributed by atoms with van der Waals surface area (Å²) in [6.07, 6.45) is -3.01. The van der Waals surface area contributed by atoms with Crippen LogP contribution in [0.4, 0.5) is 0 Å². The standard InChI is InChI=1S/C8H14O8/c9-4-2-1-3-6(12,5(10)11)8(15,16)7(4,13)14/h4,9,12-16H,1-3H2,(H,10,11). The lowest BCUT2D eigenvalue weighted by molar-refractivity contribution is -0.419. The minimum absolute atomic E-state index is 0.115. The number of aliphatic hydroxyl groups excluding tert-OH is 1. The van der Waals surface area contributed by atoms with Gasteiger partial charge >= 0.3 is 5.97 Å². The van der Waals surface area contributed by atoms with E-state index in [1.54, 1.807) is 0 Å². The molecule has 8 nitrogen and oxygen atoms in total. The zero-order chi connectivity index (χ0) is 12.8. The summed E-state index contributed by atoms with van der Waals surface area (Å²) in [6, 6.07) is 0. The summed E-state index contributed by atoms with van der Waals surface area (Å²) in [6.45, 7) is 0. The van der Waals surface area contributed by atoms with Crippen molar-refractivity contribution in [3.63, 3.8) is 0 Å². The second-order valence-corrected chi connectivity index (χ2v) is 3.97. The Labute approximate surface area is 90.0 Å². The Kier molecular flexibility index (Phi) is 3.01. The van der Waals surface area contributed by atoms with Gasteiger partial charge in [-0.15, -0.1) is 0 Å². The van der Waals surface area contributed by atoms with E-state index >= 15 is 0 Å². The van der Waals surface area contributed by atoms with Gasteiger partial charge in [0, 0.05) is 0 Å². The van der Waals surface area contributed by atoms with Crippen molar-refractivity contribution in [3.05, 3.63) is 0 Å². The summed E-state index contributed by atoms with van der Waals surface area (Å²) in [5.41, 5.74) is -3.16. The largest absolute Gasteiger partial charge is 0.479 e. The summed E-state index contributed by atoms with van der Waals surface area (Å²) < 4.78 is 0. The number of hydrogen-bond acceptors (Lipinski definition) is 7. The van der Waals surface area contributed by atoms with Crippen LogP contribution in [-0.2, 0) is 4.79 Å². The Hall–Kier alpha value is -0.770. The van der Waals surface area contributed by atoms with E-state index in [9.17, 15) is 35.4 Å². The summed E-state index contributed by atoms with van der Waals surface area (Å²) in [7, 11) is 0. The lowest BCUT2D eigenvalue weighted by atomic mass is 9.84. The van der Waals surface area contributed by atoms with E-state index in [-0.39, 0.29) is 12.8 Å². The predicted octanol–water partition coefficient (Wildman–Crippen LogP) is -3.29. The first kappa shape index (κ1) is 13.3. The molecule has 0 aliphatic heterocycles. The van der Waals surface area contributed by atoms with Gasteiger partial charge in [-0.1, -0.05) is 0 Å². The molecule has 0 radical (unpaired) electrons. The highest BCUT2D eigenvalue weighted by Gasteiger charge is 2.69. The summed E-state index contributed by atoms with van der Waals surface area (Å²) >= 11 is 0. The SMILES string of the molecule is O=C(O)C1(O)CCCC(O)C(O)(O)C1(O)O. The lowest BCUT2D eigenvalue weighted by Crippen LogP contribution is -2.73. The second kappa shape index (κ2) is 3.62. The number of carboxylic acid groups (broad SMARTS) is 1. The number of carbonyl (C=O) groups is 1. The van der Waals surface area contributed by atoms with Crippen molar-refractivity contribution in [2.75, 3.05) is 0 Å². The maximum atomic E-state index is 10.8. The van der Waals surface area contributed by atoms with Gasteiger partial charge in [-0.25, -0.2) is 4.79 Å². The fourth-order valence-corrected chi connectivity index (χ4v) is 1.72. The van der Waals surface area contributed by atoms with Crippen molar-refractivity contribution >= 4 is 5.97 Å². The second-order valence-electron chi connectivity index (χ2n) is 3.97. The van der Waals surface area contributed by atoms with Crippen LogP contribution in [0.25, 0.3) is 0 Å². The molecule has 0 aromatic rings. The van der Waals surface area contributed by atoms with Crippen molar-refractivity contribution in [2.24, 2.45) is 0 Å². The van der Waals surface area contributed by atoms with Crippen molar-refractivity contribution < 1.29 is 40.5 Å². The molecule has 16 heavy (non-hydrogen) atoms. The maximum absolute atomic E-state index is 10.8. The molecule has 1 aliphatic rings. The van der Waals surface area contributed by atoms with Crippen LogP contribution < -0.4 is 0 Å². The van der Waals surface area contributed by atoms with Gasteiger partial charge in [0.05, 0.1) is 0 Å². The minimum Gasteiger partial charge on any atom is -0.479 e. The molecule has 0 heterocycles. The molecule has 1 fully saturated rings. The van der Waals surface area contributed by atoms with Crippen molar-refractivity contribution in [1.82, 2.24) is 0 Å². The molecular weight excluding hydrogens is 224 g/mol. The predicted molar refractivity (Wildman–Crippen MR) is 46.8 cm³/mol. The van der Waals surface area contributed by atoms with E-state index in [4.69, 9.17) is 5.11 Å². The first-order chi connectivity index (χ1) is 7.07. The highest BCUT2D eigenvalue weighted by molar-refractivity contribution is 5.79. The molecule has 0 aromatic heterocycles. The molecule has 2 atom stereocenters. The number of aliphatic carboxylic acids is 1. The van der Waals surface area contributed by atoms with Gasteiger partial charge in [-0.2, -0.15) is 0 Å². The van der Waals surface area contributed by atoms with Gasteiger partial charge < -0.3 is 35.7 Å². The van der Waals surface area contributed by atoms with Gasteiger partial charge in [0.2, 0.25) is 11.4 Å². The average molecular weight is 238 g/mol. The van der Waals surface area contributed by atoms with Crippen LogP contribution in [0.5, 0.6) is 0 Å². The topological polar surface area (TPSA) is 159 Å². The third kappa shape index (κ3) is 1.51. The normalized spacial score (nSPS) is 37.8. The number of rotatable bonds is 1. The molecule has 0 bridgehead atoms.